The smallest absolute Gasteiger partial charge is 0.0471 e. The lowest BCUT2D eigenvalue weighted by Crippen LogP contribution is -1.97. The molecule has 0 spiro atoms. The Kier molecular flexibility index (Phi) is 4.13. The molecule has 0 bridgehead atoms. The molecular formula is C33H23N. The van der Waals surface area contributed by atoms with Crippen molar-refractivity contribution in [1.82, 2.24) is 0 Å². The number of aryl methyl sites for hydroxylation is 1. The van der Waals surface area contributed by atoms with Gasteiger partial charge in [-0.15, -0.1) is 0 Å². The number of hydrogen-bond donors (Lipinski definition) is 1. The summed E-state index contributed by atoms with van der Waals surface area (Å²) in [6, 6.07) is 41.8. The Bertz CT molecular complexity index is 1820. The second-order valence-electron chi connectivity index (χ2n) is 9.14. The van der Waals surface area contributed by atoms with Crippen LogP contribution in [0.2, 0.25) is 0 Å². The normalized spacial score (nSPS) is 11.7. The Labute approximate surface area is 198 Å². The summed E-state index contributed by atoms with van der Waals surface area (Å²) in [7, 11) is 0. The molecule has 34 heavy (non-hydrogen) atoms. The van der Waals surface area contributed by atoms with Crippen molar-refractivity contribution in [2.75, 3.05) is 5.32 Å². The fourth-order valence-electron chi connectivity index (χ4n) is 5.53. The quantitative estimate of drug-likeness (QED) is 0.216. The molecule has 160 valence electrons. The maximum absolute atomic E-state index is 3.84. The zero-order chi connectivity index (χ0) is 22.6. The summed E-state index contributed by atoms with van der Waals surface area (Å²) >= 11 is 0. The topological polar surface area (TPSA) is 12.0 Å². The second kappa shape index (κ2) is 7.33. The minimum atomic E-state index is 1.12. The Morgan fingerprint density at radius 2 is 1.12 bits per heavy atom. The van der Waals surface area contributed by atoms with E-state index in [4.69, 9.17) is 0 Å². The molecule has 1 nitrogen and oxygen atoms in total. The first-order chi connectivity index (χ1) is 16.8. The van der Waals surface area contributed by atoms with Gasteiger partial charge in [-0.2, -0.15) is 0 Å². The maximum Gasteiger partial charge on any atom is 0.0471 e. The Morgan fingerprint density at radius 1 is 0.471 bits per heavy atom. The number of hydrogen-bond acceptors (Lipinski definition) is 1. The van der Waals surface area contributed by atoms with Crippen molar-refractivity contribution >= 4 is 54.5 Å². The summed E-state index contributed by atoms with van der Waals surface area (Å²) in [5.41, 5.74) is 5.95. The van der Waals surface area contributed by atoms with E-state index in [2.05, 4.69) is 128 Å². The number of fused-ring (bicyclic) bond motifs is 2. The fraction of sp³-hybridized carbons (Fsp3) is 0.0303. The van der Waals surface area contributed by atoms with Gasteiger partial charge in [0.15, 0.2) is 0 Å². The summed E-state index contributed by atoms with van der Waals surface area (Å²) < 4.78 is 0. The Balaban J connectivity index is 1.56. The van der Waals surface area contributed by atoms with Crippen molar-refractivity contribution in [3.8, 4) is 11.1 Å². The highest BCUT2D eigenvalue weighted by atomic mass is 14.9. The second-order valence-corrected chi connectivity index (χ2v) is 9.14. The van der Waals surface area contributed by atoms with Crippen LogP contribution in [0.5, 0.6) is 0 Å². The molecule has 0 aliphatic heterocycles. The molecular weight excluding hydrogens is 410 g/mol. The predicted molar refractivity (Wildman–Crippen MR) is 148 cm³/mol. The van der Waals surface area contributed by atoms with E-state index >= 15 is 0 Å². The van der Waals surface area contributed by atoms with E-state index < -0.39 is 0 Å². The molecule has 0 fully saturated rings. The van der Waals surface area contributed by atoms with Gasteiger partial charge in [0.25, 0.3) is 0 Å². The van der Waals surface area contributed by atoms with Gasteiger partial charge >= 0.3 is 0 Å². The highest BCUT2D eigenvalue weighted by Gasteiger charge is 2.16. The SMILES string of the molecule is Cc1ccc(Nc2ccc3cccc4c5cccc6cccc(c2c34)c65)c(-c2ccccc2)c1. The van der Waals surface area contributed by atoms with Crippen molar-refractivity contribution in [3.63, 3.8) is 0 Å². The third-order valence-corrected chi connectivity index (χ3v) is 7.04. The molecule has 1 heteroatoms. The van der Waals surface area contributed by atoms with E-state index in [1.807, 2.05) is 0 Å². The zero-order valence-electron chi connectivity index (χ0n) is 19.0. The summed E-state index contributed by atoms with van der Waals surface area (Å²) in [5, 5.41) is 14.3. The summed E-state index contributed by atoms with van der Waals surface area (Å²) in [6.07, 6.45) is 0. The molecule has 1 N–H and O–H groups in total. The third-order valence-electron chi connectivity index (χ3n) is 7.04. The molecule has 0 radical (unpaired) electrons. The molecule has 0 unspecified atom stereocenters. The molecule has 0 aliphatic carbocycles. The molecule has 0 saturated carbocycles. The first-order valence-corrected chi connectivity index (χ1v) is 11.8. The van der Waals surface area contributed by atoms with Crippen LogP contribution >= 0.6 is 0 Å². The van der Waals surface area contributed by atoms with Crippen LogP contribution in [0.3, 0.4) is 0 Å². The monoisotopic (exact) mass is 433 g/mol. The first-order valence-electron chi connectivity index (χ1n) is 11.8. The summed E-state index contributed by atoms with van der Waals surface area (Å²) in [5.74, 6) is 0. The van der Waals surface area contributed by atoms with Gasteiger partial charge in [-0.3, -0.25) is 0 Å². The van der Waals surface area contributed by atoms with Crippen molar-refractivity contribution < 1.29 is 0 Å². The Morgan fingerprint density at radius 3 is 1.88 bits per heavy atom. The van der Waals surface area contributed by atoms with E-state index in [0.29, 0.717) is 0 Å². The molecule has 7 rings (SSSR count). The van der Waals surface area contributed by atoms with Crippen LogP contribution in [0.25, 0.3) is 54.2 Å². The molecule has 0 amide bonds. The van der Waals surface area contributed by atoms with Crippen LogP contribution in [0.15, 0.2) is 115 Å². The molecule has 7 aromatic rings. The molecule has 0 saturated heterocycles. The number of anilines is 2. The van der Waals surface area contributed by atoms with E-state index in [-0.39, 0.29) is 0 Å². The van der Waals surface area contributed by atoms with Crippen LogP contribution in [0.1, 0.15) is 5.56 Å². The van der Waals surface area contributed by atoms with Gasteiger partial charge in [0.05, 0.1) is 0 Å². The van der Waals surface area contributed by atoms with E-state index in [9.17, 15) is 0 Å². The highest BCUT2D eigenvalue weighted by Crippen LogP contribution is 2.44. The van der Waals surface area contributed by atoms with Crippen LogP contribution < -0.4 is 5.32 Å². The van der Waals surface area contributed by atoms with Gasteiger partial charge in [0.2, 0.25) is 0 Å². The summed E-state index contributed by atoms with van der Waals surface area (Å²) in [4.78, 5) is 0. The van der Waals surface area contributed by atoms with Gasteiger partial charge in [-0.05, 0) is 68.4 Å². The lowest BCUT2D eigenvalue weighted by molar-refractivity contribution is 1.45. The van der Waals surface area contributed by atoms with Crippen LogP contribution in [0, 0.1) is 6.92 Å². The fourth-order valence-corrected chi connectivity index (χ4v) is 5.53. The minimum Gasteiger partial charge on any atom is -0.354 e. The maximum atomic E-state index is 3.84. The van der Waals surface area contributed by atoms with Crippen molar-refractivity contribution in [1.29, 1.82) is 0 Å². The van der Waals surface area contributed by atoms with E-state index in [0.717, 1.165) is 11.4 Å². The molecule has 0 aromatic heterocycles. The van der Waals surface area contributed by atoms with Crippen LogP contribution in [-0.4, -0.2) is 0 Å². The number of nitrogens with one attached hydrogen (secondary N) is 1. The van der Waals surface area contributed by atoms with Crippen molar-refractivity contribution in [2.45, 2.75) is 6.92 Å². The van der Waals surface area contributed by atoms with Gasteiger partial charge in [0, 0.05) is 22.3 Å². The molecule has 0 atom stereocenters. The predicted octanol–water partition coefficient (Wildman–Crippen LogP) is 9.46. The van der Waals surface area contributed by atoms with Gasteiger partial charge in [-0.1, -0.05) is 103 Å². The highest BCUT2D eigenvalue weighted by molar-refractivity contribution is 6.35. The first kappa shape index (κ1) is 19.1. The lowest BCUT2D eigenvalue weighted by Gasteiger charge is -2.19. The zero-order valence-corrected chi connectivity index (χ0v) is 19.0. The van der Waals surface area contributed by atoms with Gasteiger partial charge < -0.3 is 5.32 Å². The average Bonchev–Trinajstić information content (AvgIpc) is 2.89. The minimum absolute atomic E-state index is 1.12. The standard InChI is InChI=1S/C33H23N/c1-21-16-18-29(28(20-21)22-8-3-2-4-9-22)34-30-19-17-24-12-6-14-26-25-13-5-10-23-11-7-15-27(31(23)25)33(30)32(24)26/h2-20,34H,1H3. The molecule has 0 aliphatic rings. The van der Waals surface area contributed by atoms with Crippen molar-refractivity contribution in [3.05, 3.63) is 121 Å². The lowest BCUT2D eigenvalue weighted by atomic mass is 9.89. The molecule has 7 aromatic carbocycles. The Hall–Kier alpha value is -4.36. The average molecular weight is 434 g/mol. The van der Waals surface area contributed by atoms with Crippen LogP contribution in [0.4, 0.5) is 11.4 Å². The number of rotatable bonds is 3. The van der Waals surface area contributed by atoms with Gasteiger partial charge in [-0.25, -0.2) is 0 Å². The van der Waals surface area contributed by atoms with Crippen LogP contribution in [-0.2, 0) is 0 Å². The van der Waals surface area contributed by atoms with Gasteiger partial charge in [0.1, 0.15) is 0 Å². The molecule has 0 heterocycles. The third kappa shape index (κ3) is 2.80. The van der Waals surface area contributed by atoms with E-state index in [1.165, 1.54) is 59.8 Å². The van der Waals surface area contributed by atoms with E-state index in [1.54, 1.807) is 0 Å². The summed E-state index contributed by atoms with van der Waals surface area (Å²) in [6.45, 7) is 2.15. The largest absolute Gasteiger partial charge is 0.354 e. The van der Waals surface area contributed by atoms with Crippen molar-refractivity contribution in [2.24, 2.45) is 0 Å². The number of benzene rings is 7.